The van der Waals surface area contributed by atoms with Crippen LogP contribution in [0.5, 0.6) is 11.5 Å². The molecule has 27 heavy (non-hydrogen) atoms. The number of aliphatic imine (C=N–C) groups is 1. The molecule has 3 nitrogen and oxygen atoms in total. The first-order valence-corrected chi connectivity index (χ1v) is 10.2. The molecule has 2 rings (SSSR count). The van der Waals surface area contributed by atoms with Crippen LogP contribution in [0.3, 0.4) is 0 Å². The van der Waals surface area contributed by atoms with E-state index in [0.29, 0.717) is 23.8 Å². The average Bonchev–Trinajstić information content (AvgIpc) is 2.69. The van der Waals surface area contributed by atoms with Crippen LogP contribution in [0.2, 0.25) is 0 Å². The lowest BCUT2D eigenvalue weighted by Crippen LogP contribution is -2.07. The zero-order chi connectivity index (χ0) is 19.5. The molecule has 3 heteroatoms. The van der Waals surface area contributed by atoms with E-state index in [9.17, 15) is 5.11 Å². The number of unbranched alkanes of at least 4 members (excludes halogenated alkanes) is 3. The molecule has 2 aromatic rings. The largest absolute Gasteiger partial charge is 0.507 e. The van der Waals surface area contributed by atoms with Crippen LogP contribution < -0.4 is 4.74 Å². The Balaban J connectivity index is 1.91. The Hall–Kier alpha value is -2.29. The van der Waals surface area contributed by atoms with Gasteiger partial charge in [-0.15, -0.1) is 0 Å². The van der Waals surface area contributed by atoms with E-state index >= 15 is 0 Å². The van der Waals surface area contributed by atoms with Gasteiger partial charge >= 0.3 is 0 Å². The van der Waals surface area contributed by atoms with Gasteiger partial charge in [-0.1, -0.05) is 58.6 Å². The molecular weight excluding hydrogens is 334 g/mol. The van der Waals surface area contributed by atoms with E-state index in [1.165, 1.54) is 31.2 Å². The third kappa shape index (κ3) is 7.46. The highest BCUT2D eigenvalue weighted by Crippen LogP contribution is 2.24. The predicted molar refractivity (Wildman–Crippen MR) is 115 cm³/mol. The molecule has 1 unspecified atom stereocenters. The second kappa shape index (κ2) is 11.4. The molecule has 0 spiro atoms. The average molecular weight is 368 g/mol. The van der Waals surface area contributed by atoms with Gasteiger partial charge in [0.15, 0.2) is 0 Å². The highest BCUT2D eigenvalue weighted by Gasteiger charge is 2.04. The van der Waals surface area contributed by atoms with Crippen LogP contribution in [0.25, 0.3) is 0 Å². The lowest BCUT2D eigenvalue weighted by Gasteiger charge is -2.11. The number of benzene rings is 2. The molecule has 0 amide bonds. The first-order chi connectivity index (χ1) is 13.1. The van der Waals surface area contributed by atoms with E-state index in [4.69, 9.17) is 4.74 Å². The predicted octanol–water partition coefficient (Wildman–Crippen LogP) is 6.69. The van der Waals surface area contributed by atoms with Crippen LogP contribution in [0, 0.1) is 5.92 Å². The molecule has 0 heterocycles. The van der Waals surface area contributed by atoms with Gasteiger partial charge < -0.3 is 9.84 Å². The van der Waals surface area contributed by atoms with Gasteiger partial charge in [0.05, 0.1) is 12.3 Å². The Labute approximate surface area is 164 Å². The van der Waals surface area contributed by atoms with Gasteiger partial charge in [0.2, 0.25) is 0 Å². The number of aryl methyl sites for hydroxylation is 1. The van der Waals surface area contributed by atoms with Crippen molar-refractivity contribution in [2.24, 2.45) is 10.9 Å². The number of phenols is 1. The van der Waals surface area contributed by atoms with E-state index in [-0.39, 0.29) is 5.75 Å². The number of hydrogen-bond donors (Lipinski definition) is 1. The molecule has 0 fully saturated rings. The van der Waals surface area contributed by atoms with E-state index in [2.05, 4.69) is 37.9 Å². The number of hydrogen-bond acceptors (Lipinski definition) is 3. The van der Waals surface area contributed by atoms with Crippen LogP contribution in [-0.2, 0) is 6.42 Å². The molecule has 1 N–H and O–H groups in total. The molecule has 146 valence electrons. The van der Waals surface area contributed by atoms with Gasteiger partial charge in [-0.25, -0.2) is 0 Å². The van der Waals surface area contributed by atoms with E-state index in [0.717, 1.165) is 18.5 Å². The van der Waals surface area contributed by atoms with Crippen molar-refractivity contribution in [1.29, 1.82) is 0 Å². The molecule has 0 aliphatic rings. The van der Waals surface area contributed by atoms with Crippen molar-refractivity contribution >= 4 is 11.9 Å². The van der Waals surface area contributed by atoms with E-state index in [1.807, 2.05) is 24.3 Å². The topological polar surface area (TPSA) is 41.8 Å². The molecule has 0 aliphatic heterocycles. The summed E-state index contributed by atoms with van der Waals surface area (Å²) in [5, 5.41) is 10.2. The maximum Gasteiger partial charge on any atom is 0.128 e. The summed E-state index contributed by atoms with van der Waals surface area (Å²) >= 11 is 0. The molecule has 0 bridgehead atoms. The van der Waals surface area contributed by atoms with Gasteiger partial charge in [0.1, 0.15) is 11.5 Å². The summed E-state index contributed by atoms with van der Waals surface area (Å²) < 4.78 is 5.71. The SMILES string of the molecule is CCCCCCc1ccc(N=Cc2ccc(OCC(C)CC)cc2O)cc1. The molecular formula is C24H33NO2. The first kappa shape index (κ1) is 21.0. The minimum atomic E-state index is 0.188. The van der Waals surface area contributed by atoms with E-state index in [1.54, 1.807) is 12.3 Å². The van der Waals surface area contributed by atoms with Gasteiger partial charge in [0, 0.05) is 17.8 Å². The summed E-state index contributed by atoms with van der Waals surface area (Å²) in [7, 11) is 0. The van der Waals surface area contributed by atoms with Crippen molar-refractivity contribution in [2.75, 3.05) is 6.61 Å². The molecule has 0 aromatic heterocycles. The third-order valence-electron chi connectivity index (χ3n) is 4.84. The van der Waals surface area contributed by atoms with Crippen LogP contribution in [0.4, 0.5) is 5.69 Å². The molecule has 0 saturated heterocycles. The normalized spacial score (nSPS) is 12.4. The maximum absolute atomic E-state index is 10.2. The van der Waals surface area contributed by atoms with Crippen molar-refractivity contribution in [3.63, 3.8) is 0 Å². The number of phenolic OH excluding ortho intramolecular Hbond substituents is 1. The number of aromatic hydroxyl groups is 1. The standard InChI is InChI=1S/C24H33NO2/c1-4-6-7-8-9-20-10-13-22(14-11-20)25-17-21-12-15-23(16-24(21)26)27-18-19(3)5-2/h10-17,19,26H,4-9,18H2,1-3H3. The summed E-state index contributed by atoms with van der Waals surface area (Å²) in [6.07, 6.45) is 9.03. The Bertz CT molecular complexity index is 707. The van der Waals surface area contributed by atoms with E-state index < -0.39 is 0 Å². The summed E-state index contributed by atoms with van der Waals surface area (Å²) in [5.41, 5.74) is 2.94. The van der Waals surface area contributed by atoms with Crippen molar-refractivity contribution in [3.8, 4) is 11.5 Å². The second-order valence-electron chi connectivity index (χ2n) is 7.28. The first-order valence-electron chi connectivity index (χ1n) is 10.2. The highest BCUT2D eigenvalue weighted by molar-refractivity contribution is 5.85. The van der Waals surface area contributed by atoms with Gasteiger partial charge in [-0.3, -0.25) is 4.99 Å². The van der Waals surface area contributed by atoms with Gasteiger partial charge in [-0.2, -0.15) is 0 Å². The quantitative estimate of drug-likeness (QED) is 0.355. The maximum atomic E-state index is 10.2. The Kier molecular flexibility index (Phi) is 8.90. The monoisotopic (exact) mass is 367 g/mol. The fraction of sp³-hybridized carbons (Fsp3) is 0.458. The molecule has 1 atom stereocenters. The molecule has 2 aromatic carbocycles. The van der Waals surface area contributed by atoms with Crippen molar-refractivity contribution < 1.29 is 9.84 Å². The zero-order valence-electron chi connectivity index (χ0n) is 16.9. The molecule has 0 aliphatic carbocycles. The molecule has 0 radical (unpaired) electrons. The van der Waals surface area contributed by atoms with Crippen molar-refractivity contribution in [1.82, 2.24) is 0 Å². The minimum absolute atomic E-state index is 0.188. The lowest BCUT2D eigenvalue weighted by atomic mass is 10.1. The zero-order valence-corrected chi connectivity index (χ0v) is 16.9. The highest BCUT2D eigenvalue weighted by atomic mass is 16.5. The summed E-state index contributed by atoms with van der Waals surface area (Å²) in [6.45, 7) is 7.19. The van der Waals surface area contributed by atoms with Crippen LogP contribution in [-0.4, -0.2) is 17.9 Å². The van der Waals surface area contributed by atoms with Crippen molar-refractivity contribution in [3.05, 3.63) is 53.6 Å². The smallest absolute Gasteiger partial charge is 0.128 e. The number of nitrogens with zero attached hydrogens (tertiary/aromatic N) is 1. The third-order valence-corrected chi connectivity index (χ3v) is 4.84. The summed E-state index contributed by atoms with van der Waals surface area (Å²) in [4.78, 5) is 4.48. The van der Waals surface area contributed by atoms with Crippen LogP contribution in [0.15, 0.2) is 47.5 Å². The van der Waals surface area contributed by atoms with Gasteiger partial charge in [-0.05, 0) is 48.6 Å². The Morgan fingerprint density at radius 1 is 1.04 bits per heavy atom. The molecule has 0 saturated carbocycles. The Morgan fingerprint density at radius 2 is 1.81 bits per heavy atom. The summed E-state index contributed by atoms with van der Waals surface area (Å²) in [6, 6.07) is 13.7. The second-order valence-corrected chi connectivity index (χ2v) is 7.28. The summed E-state index contributed by atoms with van der Waals surface area (Å²) in [5.74, 6) is 1.38. The fourth-order valence-electron chi connectivity index (χ4n) is 2.73. The fourth-order valence-corrected chi connectivity index (χ4v) is 2.73. The lowest BCUT2D eigenvalue weighted by molar-refractivity contribution is 0.255. The Morgan fingerprint density at radius 3 is 2.48 bits per heavy atom. The van der Waals surface area contributed by atoms with Crippen LogP contribution in [0.1, 0.15) is 64.0 Å². The van der Waals surface area contributed by atoms with Crippen LogP contribution >= 0.6 is 0 Å². The number of rotatable bonds is 11. The van der Waals surface area contributed by atoms with Gasteiger partial charge in [0.25, 0.3) is 0 Å². The minimum Gasteiger partial charge on any atom is -0.507 e. The van der Waals surface area contributed by atoms with Crippen molar-refractivity contribution in [2.45, 2.75) is 59.3 Å². The number of ether oxygens (including phenoxy) is 1.